The fourth-order valence-electron chi connectivity index (χ4n) is 2.82. The molecule has 0 aliphatic heterocycles. The summed E-state index contributed by atoms with van der Waals surface area (Å²) < 4.78 is 0. The predicted octanol–water partition coefficient (Wildman–Crippen LogP) is 3.52. The van der Waals surface area contributed by atoms with Crippen LogP contribution in [-0.2, 0) is 11.2 Å². The number of pyridine rings is 1. The summed E-state index contributed by atoms with van der Waals surface area (Å²) >= 11 is 0. The van der Waals surface area contributed by atoms with Crippen molar-refractivity contribution in [2.75, 3.05) is 6.54 Å². The molecule has 4 nitrogen and oxygen atoms in total. The highest BCUT2D eigenvalue weighted by Crippen LogP contribution is 2.17. The van der Waals surface area contributed by atoms with Gasteiger partial charge < -0.3 is 10.3 Å². The molecule has 0 radical (unpaired) electrons. The van der Waals surface area contributed by atoms with E-state index in [9.17, 15) is 9.59 Å². The third-order valence-corrected chi connectivity index (χ3v) is 4.46. The van der Waals surface area contributed by atoms with Crippen LogP contribution >= 0.6 is 0 Å². The molecule has 2 N–H and O–H groups in total. The Morgan fingerprint density at radius 3 is 2.58 bits per heavy atom. The molecule has 0 spiro atoms. The SMILES string of the molecule is Cc1cc2cc(CCNC(=O)/C=C\c3ccccc3)c(=O)[nH]c2cc1C. The van der Waals surface area contributed by atoms with Crippen LogP contribution in [0.25, 0.3) is 17.0 Å². The Kier molecular flexibility index (Phi) is 5.32. The molecule has 1 aromatic heterocycles. The van der Waals surface area contributed by atoms with Crippen LogP contribution in [0.1, 0.15) is 22.3 Å². The van der Waals surface area contributed by atoms with E-state index < -0.39 is 0 Å². The van der Waals surface area contributed by atoms with Gasteiger partial charge in [0.25, 0.3) is 5.56 Å². The molecule has 0 saturated heterocycles. The highest BCUT2D eigenvalue weighted by atomic mass is 16.1. The molecule has 132 valence electrons. The summed E-state index contributed by atoms with van der Waals surface area (Å²) in [5.74, 6) is -0.169. The van der Waals surface area contributed by atoms with Gasteiger partial charge in [0.1, 0.15) is 0 Å². The van der Waals surface area contributed by atoms with Gasteiger partial charge in [0.05, 0.1) is 0 Å². The molecule has 2 aromatic carbocycles. The monoisotopic (exact) mass is 346 g/mol. The lowest BCUT2D eigenvalue weighted by Crippen LogP contribution is -2.25. The topological polar surface area (TPSA) is 62.0 Å². The summed E-state index contributed by atoms with van der Waals surface area (Å²) in [4.78, 5) is 27.1. The van der Waals surface area contributed by atoms with Crippen LogP contribution in [0.2, 0.25) is 0 Å². The minimum atomic E-state index is -0.169. The van der Waals surface area contributed by atoms with Gasteiger partial charge in [0, 0.05) is 23.7 Å². The minimum Gasteiger partial charge on any atom is -0.352 e. The summed E-state index contributed by atoms with van der Waals surface area (Å²) in [6, 6.07) is 15.6. The Labute approximate surface area is 152 Å². The molecular weight excluding hydrogens is 324 g/mol. The summed E-state index contributed by atoms with van der Waals surface area (Å²) in [5, 5.41) is 3.83. The molecule has 3 aromatic rings. The van der Waals surface area contributed by atoms with Crippen LogP contribution < -0.4 is 10.9 Å². The third-order valence-electron chi connectivity index (χ3n) is 4.46. The van der Waals surface area contributed by atoms with Gasteiger partial charge in [-0.1, -0.05) is 30.3 Å². The quantitative estimate of drug-likeness (QED) is 0.695. The molecule has 1 amide bonds. The molecule has 0 fully saturated rings. The number of carbonyl (C=O) groups excluding carboxylic acids is 1. The number of amides is 1. The number of fused-ring (bicyclic) bond motifs is 1. The molecule has 3 rings (SSSR count). The van der Waals surface area contributed by atoms with Gasteiger partial charge >= 0.3 is 0 Å². The van der Waals surface area contributed by atoms with Crippen molar-refractivity contribution >= 4 is 22.9 Å². The lowest BCUT2D eigenvalue weighted by molar-refractivity contribution is -0.116. The molecule has 0 saturated carbocycles. The number of hydrogen-bond acceptors (Lipinski definition) is 2. The molecule has 0 unspecified atom stereocenters. The Morgan fingerprint density at radius 2 is 1.81 bits per heavy atom. The van der Waals surface area contributed by atoms with Crippen molar-refractivity contribution < 1.29 is 4.79 Å². The van der Waals surface area contributed by atoms with E-state index in [0.717, 1.165) is 22.0 Å². The average Bonchev–Trinajstić information content (AvgIpc) is 2.63. The third kappa shape index (κ3) is 4.28. The van der Waals surface area contributed by atoms with E-state index >= 15 is 0 Å². The maximum Gasteiger partial charge on any atom is 0.251 e. The van der Waals surface area contributed by atoms with Crippen molar-refractivity contribution in [3.05, 3.63) is 87.2 Å². The van der Waals surface area contributed by atoms with E-state index in [4.69, 9.17) is 0 Å². The Hall–Kier alpha value is -3.14. The highest BCUT2D eigenvalue weighted by molar-refractivity contribution is 5.91. The zero-order chi connectivity index (χ0) is 18.5. The molecule has 0 aliphatic rings. The van der Waals surface area contributed by atoms with E-state index in [1.165, 1.54) is 11.6 Å². The van der Waals surface area contributed by atoms with Gasteiger partial charge in [0.15, 0.2) is 0 Å². The zero-order valence-corrected chi connectivity index (χ0v) is 15.0. The van der Waals surface area contributed by atoms with Crippen molar-refractivity contribution in [3.63, 3.8) is 0 Å². The van der Waals surface area contributed by atoms with Crippen LogP contribution in [0.4, 0.5) is 0 Å². The Bertz CT molecular complexity index is 1020. The van der Waals surface area contributed by atoms with E-state index in [1.54, 1.807) is 6.08 Å². The number of nitrogens with one attached hydrogen (secondary N) is 2. The lowest BCUT2D eigenvalue weighted by atomic mass is 10.0. The van der Waals surface area contributed by atoms with Crippen molar-refractivity contribution in [2.24, 2.45) is 0 Å². The van der Waals surface area contributed by atoms with Crippen LogP contribution in [-0.4, -0.2) is 17.4 Å². The maximum atomic E-state index is 12.2. The van der Waals surface area contributed by atoms with Gasteiger partial charge in [0.2, 0.25) is 5.91 Å². The number of benzene rings is 2. The molecule has 0 bridgehead atoms. The van der Waals surface area contributed by atoms with E-state index in [0.29, 0.717) is 18.5 Å². The minimum absolute atomic E-state index is 0.102. The normalized spacial score (nSPS) is 11.2. The van der Waals surface area contributed by atoms with Gasteiger partial charge in [-0.15, -0.1) is 0 Å². The smallest absolute Gasteiger partial charge is 0.251 e. The second-order valence-electron chi connectivity index (χ2n) is 6.43. The first-order valence-corrected chi connectivity index (χ1v) is 8.67. The summed E-state index contributed by atoms with van der Waals surface area (Å²) in [6.07, 6.45) is 3.76. The standard InChI is InChI=1S/C22H22N2O2/c1-15-12-19-14-18(22(26)24-20(19)13-16(15)2)10-11-23-21(25)9-8-17-6-4-3-5-7-17/h3-9,12-14H,10-11H2,1-2H3,(H,23,25)(H,24,26)/b9-8-. The molecule has 1 heterocycles. The number of aromatic nitrogens is 1. The van der Waals surface area contributed by atoms with Crippen molar-refractivity contribution in [2.45, 2.75) is 20.3 Å². The fraction of sp³-hybridized carbons (Fsp3) is 0.182. The first-order valence-electron chi connectivity index (χ1n) is 8.67. The Morgan fingerprint density at radius 1 is 1.08 bits per heavy atom. The summed E-state index contributed by atoms with van der Waals surface area (Å²) in [5.41, 5.74) is 4.73. The second-order valence-corrected chi connectivity index (χ2v) is 6.43. The molecule has 0 atom stereocenters. The summed E-state index contributed by atoms with van der Waals surface area (Å²) in [7, 11) is 0. The number of rotatable bonds is 5. The van der Waals surface area contributed by atoms with Gasteiger partial charge in [-0.05, 0) is 66.6 Å². The number of aromatic amines is 1. The predicted molar refractivity (Wildman–Crippen MR) is 106 cm³/mol. The van der Waals surface area contributed by atoms with Crippen LogP contribution in [0.3, 0.4) is 0 Å². The zero-order valence-electron chi connectivity index (χ0n) is 15.0. The summed E-state index contributed by atoms with van der Waals surface area (Å²) in [6.45, 7) is 4.50. The van der Waals surface area contributed by atoms with Crippen LogP contribution in [0, 0.1) is 13.8 Å². The Balaban J connectivity index is 1.63. The van der Waals surface area contributed by atoms with E-state index in [2.05, 4.69) is 23.3 Å². The first-order chi connectivity index (χ1) is 12.5. The van der Waals surface area contributed by atoms with E-state index in [-0.39, 0.29) is 11.5 Å². The largest absolute Gasteiger partial charge is 0.352 e. The van der Waals surface area contributed by atoms with Crippen LogP contribution in [0.15, 0.2) is 59.4 Å². The average molecular weight is 346 g/mol. The van der Waals surface area contributed by atoms with Crippen molar-refractivity contribution in [1.29, 1.82) is 0 Å². The molecule has 0 aliphatic carbocycles. The number of hydrogen-bond donors (Lipinski definition) is 2. The fourth-order valence-corrected chi connectivity index (χ4v) is 2.82. The first kappa shape index (κ1) is 17.7. The van der Waals surface area contributed by atoms with Gasteiger partial charge in [-0.25, -0.2) is 0 Å². The van der Waals surface area contributed by atoms with Gasteiger partial charge in [-0.2, -0.15) is 0 Å². The highest BCUT2D eigenvalue weighted by Gasteiger charge is 2.05. The molecular formula is C22H22N2O2. The molecule has 26 heavy (non-hydrogen) atoms. The van der Waals surface area contributed by atoms with Gasteiger partial charge in [-0.3, -0.25) is 9.59 Å². The number of carbonyl (C=O) groups is 1. The second kappa shape index (κ2) is 7.83. The number of aryl methyl sites for hydroxylation is 2. The van der Waals surface area contributed by atoms with E-state index in [1.807, 2.05) is 49.4 Å². The number of H-pyrrole nitrogens is 1. The maximum absolute atomic E-state index is 12.2. The van der Waals surface area contributed by atoms with Crippen molar-refractivity contribution in [1.82, 2.24) is 10.3 Å². The lowest BCUT2D eigenvalue weighted by Gasteiger charge is -2.07. The molecule has 4 heteroatoms. The van der Waals surface area contributed by atoms with Crippen molar-refractivity contribution in [3.8, 4) is 0 Å². The van der Waals surface area contributed by atoms with Crippen LogP contribution in [0.5, 0.6) is 0 Å².